The Morgan fingerprint density at radius 1 is 0.909 bits per heavy atom. The number of carbonyl (C=O) groups is 4. The molecular weight excluding hydrogens is 288 g/mol. The summed E-state index contributed by atoms with van der Waals surface area (Å²) in [6.45, 7) is 0. The molecule has 1 aromatic rings. The Hall–Kier alpha value is -3.02. The average molecular weight is 296 g/mol. The lowest BCUT2D eigenvalue weighted by atomic mass is 9.85. The predicted octanol–water partition coefficient (Wildman–Crippen LogP) is 1.41. The topological polar surface area (TPSA) is 86.7 Å². The van der Waals surface area contributed by atoms with Crippen molar-refractivity contribution in [2.45, 2.75) is 6.42 Å². The molecule has 3 aliphatic rings. The number of carbonyl (C=O) groups excluding carboxylic acids is 4. The molecule has 4 rings (SSSR count). The number of allylic oxidation sites excluding steroid dienone is 3. The molecule has 2 aliphatic heterocycles. The maximum atomic E-state index is 11.9. The van der Waals surface area contributed by atoms with Gasteiger partial charge < -0.3 is 9.47 Å². The standard InChI is InChI=1S/C16H8O6/c17-13-9-5-4-7(6-11(9)15(19)21-13)8-2-1-3-10-12(8)16(20)22-14(10)18/h1-2,4-6,10H,3H2. The van der Waals surface area contributed by atoms with Gasteiger partial charge in [-0.2, -0.15) is 0 Å². The van der Waals surface area contributed by atoms with Gasteiger partial charge in [-0.05, 0) is 29.7 Å². The normalized spacial score (nSPS) is 22.6. The van der Waals surface area contributed by atoms with E-state index in [0.29, 0.717) is 23.1 Å². The van der Waals surface area contributed by atoms with E-state index in [1.54, 1.807) is 18.2 Å². The lowest BCUT2D eigenvalue weighted by Gasteiger charge is -2.14. The first-order chi connectivity index (χ1) is 10.6. The Kier molecular flexibility index (Phi) is 2.45. The molecule has 0 spiro atoms. The van der Waals surface area contributed by atoms with Gasteiger partial charge in [0.15, 0.2) is 0 Å². The number of cyclic esters (lactones) is 4. The van der Waals surface area contributed by atoms with Crippen LogP contribution in [0.15, 0.2) is 35.9 Å². The molecule has 2 heterocycles. The molecule has 1 aliphatic carbocycles. The SMILES string of the molecule is O=C1OC(=O)C2CC=CC(c3ccc4c(c3)C(=O)OC4=O)=C12. The lowest BCUT2D eigenvalue weighted by Crippen LogP contribution is -2.12. The summed E-state index contributed by atoms with van der Waals surface area (Å²) < 4.78 is 9.21. The Balaban J connectivity index is 1.89. The summed E-state index contributed by atoms with van der Waals surface area (Å²) in [4.78, 5) is 46.6. The summed E-state index contributed by atoms with van der Waals surface area (Å²) in [6, 6.07) is 4.59. The molecule has 108 valence electrons. The van der Waals surface area contributed by atoms with Crippen molar-refractivity contribution in [1.29, 1.82) is 0 Å². The van der Waals surface area contributed by atoms with Crippen LogP contribution >= 0.6 is 0 Å². The highest BCUT2D eigenvalue weighted by molar-refractivity contribution is 6.16. The van der Waals surface area contributed by atoms with Crippen LogP contribution in [0.1, 0.15) is 32.7 Å². The summed E-state index contributed by atoms with van der Waals surface area (Å²) in [6.07, 6.45) is 3.91. The van der Waals surface area contributed by atoms with Crippen molar-refractivity contribution in [1.82, 2.24) is 0 Å². The fourth-order valence-electron chi connectivity index (χ4n) is 2.91. The van der Waals surface area contributed by atoms with Crippen LogP contribution in [0.2, 0.25) is 0 Å². The summed E-state index contributed by atoms with van der Waals surface area (Å²) in [5.74, 6) is -3.22. The van der Waals surface area contributed by atoms with Crippen molar-refractivity contribution in [2.75, 3.05) is 0 Å². The fraction of sp³-hybridized carbons (Fsp3) is 0.125. The molecule has 1 fully saturated rings. The molecule has 1 unspecified atom stereocenters. The molecule has 0 N–H and O–H groups in total. The van der Waals surface area contributed by atoms with Gasteiger partial charge in [-0.1, -0.05) is 18.2 Å². The van der Waals surface area contributed by atoms with Crippen LogP contribution in [-0.4, -0.2) is 23.9 Å². The van der Waals surface area contributed by atoms with E-state index in [4.69, 9.17) is 0 Å². The molecule has 0 radical (unpaired) electrons. The molecule has 0 amide bonds. The number of benzene rings is 1. The van der Waals surface area contributed by atoms with Gasteiger partial charge in [-0.3, -0.25) is 4.79 Å². The zero-order valence-electron chi connectivity index (χ0n) is 11.1. The minimum atomic E-state index is -0.714. The smallest absolute Gasteiger partial charge is 0.346 e. The van der Waals surface area contributed by atoms with Gasteiger partial charge in [0, 0.05) is 0 Å². The Morgan fingerprint density at radius 2 is 1.68 bits per heavy atom. The Bertz CT molecular complexity index is 842. The fourth-order valence-corrected chi connectivity index (χ4v) is 2.91. The second-order valence-electron chi connectivity index (χ2n) is 5.16. The van der Waals surface area contributed by atoms with Crippen molar-refractivity contribution in [3.05, 3.63) is 52.6 Å². The highest BCUT2D eigenvalue weighted by atomic mass is 16.6. The summed E-state index contributed by atoms with van der Waals surface area (Å²) >= 11 is 0. The van der Waals surface area contributed by atoms with Gasteiger partial charge in [0.25, 0.3) is 0 Å². The quantitative estimate of drug-likeness (QED) is 0.575. The van der Waals surface area contributed by atoms with Crippen LogP contribution in [0.3, 0.4) is 0 Å². The Labute approximate surface area is 124 Å². The van der Waals surface area contributed by atoms with Crippen molar-refractivity contribution in [3.63, 3.8) is 0 Å². The zero-order valence-corrected chi connectivity index (χ0v) is 11.1. The van der Waals surface area contributed by atoms with Crippen molar-refractivity contribution < 1.29 is 28.7 Å². The first-order valence-electron chi connectivity index (χ1n) is 6.64. The Morgan fingerprint density at radius 3 is 2.50 bits per heavy atom. The third-order valence-electron chi connectivity index (χ3n) is 3.95. The second kappa shape index (κ2) is 4.24. The number of rotatable bonds is 1. The molecule has 0 saturated carbocycles. The van der Waals surface area contributed by atoms with Crippen molar-refractivity contribution in [2.24, 2.45) is 5.92 Å². The summed E-state index contributed by atoms with van der Waals surface area (Å²) in [5.41, 5.74) is 1.74. The molecular formula is C16H8O6. The highest BCUT2D eigenvalue weighted by Gasteiger charge is 2.42. The first kappa shape index (κ1) is 12.7. The molecule has 0 bridgehead atoms. The van der Waals surface area contributed by atoms with E-state index in [1.807, 2.05) is 0 Å². The monoisotopic (exact) mass is 296 g/mol. The van der Waals surface area contributed by atoms with Crippen LogP contribution in [0.4, 0.5) is 0 Å². The zero-order chi connectivity index (χ0) is 15.4. The average Bonchev–Trinajstić information content (AvgIpc) is 2.96. The third-order valence-corrected chi connectivity index (χ3v) is 3.95. The van der Waals surface area contributed by atoms with E-state index < -0.39 is 29.8 Å². The van der Waals surface area contributed by atoms with Gasteiger partial charge in [-0.15, -0.1) is 0 Å². The number of esters is 4. The van der Waals surface area contributed by atoms with Crippen LogP contribution in [0.5, 0.6) is 0 Å². The molecule has 0 aromatic heterocycles. The van der Waals surface area contributed by atoms with Crippen LogP contribution < -0.4 is 0 Å². The van der Waals surface area contributed by atoms with Crippen LogP contribution in [0, 0.1) is 5.92 Å². The predicted molar refractivity (Wildman–Crippen MR) is 71.5 cm³/mol. The molecule has 1 saturated heterocycles. The van der Waals surface area contributed by atoms with Gasteiger partial charge in [0.05, 0.1) is 22.6 Å². The van der Waals surface area contributed by atoms with Gasteiger partial charge in [-0.25, -0.2) is 14.4 Å². The summed E-state index contributed by atoms with van der Waals surface area (Å²) in [7, 11) is 0. The largest absolute Gasteiger partial charge is 0.389 e. The van der Waals surface area contributed by atoms with E-state index in [0.717, 1.165) is 0 Å². The third kappa shape index (κ3) is 1.60. The lowest BCUT2D eigenvalue weighted by molar-refractivity contribution is -0.152. The van der Waals surface area contributed by atoms with Gasteiger partial charge in [0.1, 0.15) is 0 Å². The van der Waals surface area contributed by atoms with Crippen molar-refractivity contribution in [3.8, 4) is 0 Å². The number of fused-ring (bicyclic) bond motifs is 2. The van der Waals surface area contributed by atoms with E-state index in [2.05, 4.69) is 9.47 Å². The van der Waals surface area contributed by atoms with Crippen molar-refractivity contribution >= 4 is 29.5 Å². The van der Waals surface area contributed by atoms with E-state index in [-0.39, 0.29) is 11.1 Å². The van der Waals surface area contributed by atoms with Crippen LogP contribution in [-0.2, 0) is 19.1 Å². The highest BCUT2D eigenvalue weighted by Crippen LogP contribution is 2.38. The number of hydrogen-bond acceptors (Lipinski definition) is 6. The molecule has 1 aromatic carbocycles. The molecule has 6 nitrogen and oxygen atoms in total. The summed E-state index contributed by atoms with van der Waals surface area (Å²) in [5, 5.41) is 0. The van der Waals surface area contributed by atoms with Gasteiger partial charge in [0.2, 0.25) is 0 Å². The van der Waals surface area contributed by atoms with E-state index in [1.165, 1.54) is 12.1 Å². The van der Waals surface area contributed by atoms with Gasteiger partial charge >= 0.3 is 23.9 Å². The maximum absolute atomic E-state index is 11.9. The molecule has 22 heavy (non-hydrogen) atoms. The number of ether oxygens (including phenoxy) is 2. The number of hydrogen-bond donors (Lipinski definition) is 0. The molecule has 1 atom stereocenters. The minimum Gasteiger partial charge on any atom is -0.389 e. The minimum absolute atomic E-state index is 0.156. The first-order valence-corrected chi connectivity index (χ1v) is 6.64. The van der Waals surface area contributed by atoms with E-state index >= 15 is 0 Å². The second-order valence-corrected chi connectivity index (χ2v) is 5.16. The maximum Gasteiger partial charge on any atom is 0.346 e. The molecule has 6 heteroatoms. The van der Waals surface area contributed by atoms with E-state index in [9.17, 15) is 19.2 Å². The van der Waals surface area contributed by atoms with Crippen LogP contribution in [0.25, 0.3) is 5.57 Å².